The number of nitrogens with one attached hydrogen (secondary N) is 1. The summed E-state index contributed by atoms with van der Waals surface area (Å²) in [4.78, 5) is 13.3. The van der Waals surface area contributed by atoms with Gasteiger partial charge in [0.1, 0.15) is 36.6 Å². The van der Waals surface area contributed by atoms with Crippen LogP contribution in [0.15, 0.2) is 0 Å². The third-order valence-corrected chi connectivity index (χ3v) is 32.7. The van der Waals surface area contributed by atoms with Crippen molar-refractivity contribution in [3.63, 3.8) is 0 Å². The molecule has 0 aromatic carbocycles. The van der Waals surface area contributed by atoms with Gasteiger partial charge in [0.2, 0.25) is 5.91 Å². The van der Waals surface area contributed by atoms with Gasteiger partial charge in [-0.25, -0.2) is 0 Å². The zero-order valence-electron chi connectivity index (χ0n) is 44.2. The summed E-state index contributed by atoms with van der Waals surface area (Å²) in [5, 5.41) is 2.96. The highest BCUT2D eigenvalue weighted by Gasteiger charge is 2.57. The van der Waals surface area contributed by atoms with Gasteiger partial charge in [-0.15, -0.1) is 0 Å². The molecule has 2 rings (SSSR count). The van der Waals surface area contributed by atoms with Gasteiger partial charge in [-0.05, 0) is 78.9 Å². The van der Waals surface area contributed by atoms with E-state index < -0.39 is 87.9 Å². The van der Waals surface area contributed by atoms with Crippen molar-refractivity contribution in [2.24, 2.45) is 5.41 Å². The Hall–Kier alpha value is 0.0175. The van der Waals surface area contributed by atoms with E-state index in [2.05, 4.69) is 148 Å². The van der Waals surface area contributed by atoms with Gasteiger partial charge in [0, 0.05) is 18.6 Å². The van der Waals surface area contributed by atoms with Gasteiger partial charge < -0.3 is 42.0 Å². The van der Waals surface area contributed by atoms with Gasteiger partial charge in [-0.2, -0.15) is 0 Å². The molecule has 2 saturated heterocycles. The fourth-order valence-electron chi connectivity index (χ4n) is 6.28. The number of carbonyl (C=O) groups is 1. The summed E-state index contributed by atoms with van der Waals surface area (Å²) in [7, 11) is -9.44. The average Bonchev–Trinajstić information content (AvgIpc) is 3.53. The molecule has 14 heteroatoms. The summed E-state index contributed by atoms with van der Waals surface area (Å²) in [5.74, 6) is -0.0434. The molecule has 0 unspecified atom stereocenters. The van der Waals surface area contributed by atoms with Crippen molar-refractivity contribution in [2.45, 2.75) is 271 Å². The van der Waals surface area contributed by atoms with E-state index in [9.17, 15) is 4.79 Å². The number of carbonyl (C=O) groups excluding carboxylic acids is 1. The van der Waals surface area contributed by atoms with Crippen molar-refractivity contribution in [3.8, 4) is 0 Å². The largest absolute Gasteiger partial charge is 0.408 e. The smallest absolute Gasteiger partial charge is 0.225 e. The van der Waals surface area contributed by atoms with Crippen LogP contribution in [-0.4, -0.2) is 108 Å². The van der Waals surface area contributed by atoms with Crippen LogP contribution < -0.4 is 5.32 Å². The predicted molar refractivity (Wildman–Crippen MR) is 263 cm³/mol. The summed E-state index contributed by atoms with van der Waals surface area (Å²) >= 11 is 0. The first kappa shape index (κ1) is 57.1. The Morgan fingerprint density at radius 3 is 1.23 bits per heavy atom. The van der Waals surface area contributed by atoms with Gasteiger partial charge in [-0.1, -0.05) is 143 Å². The second kappa shape index (κ2) is 21.3. The topological polar surface area (TPSA) is 103 Å². The summed E-state index contributed by atoms with van der Waals surface area (Å²) in [5.41, 5.74) is -0.559. The van der Waals surface area contributed by atoms with E-state index in [-0.39, 0.29) is 39.2 Å². The number of hydrogen-bond donors (Lipinski definition) is 1. The molecule has 2 fully saturated rings. The second-order valence-corrected chi connectivity index (χ2v) is 44.4. The molecule has 362 valence electrons. The SMILES string of the molecule is CCCCCCCCO[C@H]1O[C@H](CO[C@H]2O[C@H](CNC(=O)C(C)(C)C)[C@@H](O[Si](C)(C)C(C)(C)C)[C@@H]2O[Si](C)(C)C(C)(C)C)[C@@H](O[Si](C)(C)C(C)(C)C)[C@@H]1O[Si](C)(C)C(C)(C)C. The molecule has 10 nitrogen and oxygen atoms in total. The lowest BCUT2D eigenvalue weighted by atomic mass is 9.95. The molecule has 0 aromatic rings. The Labute approximate surface area is 380 Å². The Bertz CT molecular complexity index is 1360. The van der Waals surface area contributed by atoms with Crippen LogP contribution in [0.1, 0.15) is 149 Å². The number of ether oxygens (including phenoxy) is 4. The minimum Gasteiger partial charge on any atom is -0.408 e. The molecule has 0 saturated carbocycles. The number of unbranched alkanes of at least 4 members (excludes halogenated alkanes) is 5. The fourth-order valence-corrected chi connectivity index (χ4v) is 11.5. The molecule has 2 aliphatic rings. The molecule has 8 atom stereocenters. The molecule has 2 aliphatic heterocycles. The first-order chi connectivity index (χ1) is 27.3. The highest BCUT2D eigenvalue weighted by atomic mass is 28.4. The molecular formula is C47H99NO9Si4. The van der Waals surface area contributed by atoms with Crippen LogP contribution in [0.4, 0.5) is 0 Å². The zero-order valence-corrected chi connectivity index (χ0v) is 48.2. The highest BCUT2D eigenvalue weighted by molar-refractivity contribution is 6.75. The van der Waals surface area contributed by atoms with E-state index in [0.29, 0.717) is 6.61 Å². The molecule has 0 spiro atoms. The van der Waals surface area contributed by atoms with E-state index in [1.165, 1.54) is 25.7 Å². The number of amides is 1. The van der Waals surface area contributed by atoms with Crippen molar-refractivity contribution < 1.29 is 41.4 Å². The molecule has 2 heterocycles. The third-order valence-electron chi connectivity index (χ3n) is 14.8. The molecule has 1 N–H and O–H groups in total. The van der Waals surface area contributed by atoms with E-state index in [4.69, 9.17) is 36.7 Å². The predicted octanol–water partition coefficient (Wildman–Crippen LogP) is 12.6. The molecule has 0 bridgehead atoms. The standard InChI is InChI=1S/C47H99NO9Si4/c1-25-26-27-28-29-30-31-50-40-39(57-61(23,24)47(14,15)16)37(55-59(19,20)45(8,9)10)35(53-40)33-51-41-38(56-60(21,22)46(11,12)13)36(54-58(17,18)44(5,6)7)34(52-41)32-48-42(49)43(2,3)4/h34-41H,25-33H2,1-24H3,(H,48,49)/t34-,35-,36-,37-,38+,39+,40+,41+/m1/s1. The Balaban J connectivity index is 2.67. The maximum absolute atomic E-state index is 13.3. The van der Waals surface area contributed by atoms with Crippen LogP contribution in [0.2, 0.25) is 72.5 Å². The van der Waals surface area contributed by atoms with Crippen molar-refractivity contribution in [3.05, 3.63) is 0 Å². The van der Waals surface area contributed by atoms with Crippen LogP contribution in [0.25, 0.3) is 0 Å². The summed E-state index contributed by atoms with van der Waals surface area (Å²) in [6.45, 7) is 54.4. The van der Waals surface area contributed by atoms with Gasteiger partial charge >= 0.3 is 0 Å². The average molecular weight is 935 g/mol. The van der Waals surface area contributed by atoms with Crippen molar-refractivity contribution >= 4 is 39.2 Å². The fraction of sp³-hybridized carbons (Fsp3) is 0.979. The van der Waals surface area contributed by atoms with E-state index >= 15 is 0 Å². The first-order valence-corrected chi connectivity index (χ1v) is 35.5. The molecular weight excluding hydrogens is 835 g/mol. The van der Waals surface area contributed by atoms with Crippen LogP contribution in [0.3, 0.4) is 0 Å². The highest BCUT2D eigenvalue weighted by Crippen LogP contribution is 2.46. The maximum atomic E-state index is 13.3. The van der Waals surface area contributed by atoms with E-state index in [0.717, 1.165) is 12.8 Å². The minimum absolute atomic E-state index is 0.0322. The van der Waals surface area contributed by atoms with E-state index in [1.807, 2.05) is 20.8 Å². The molecule has 61 heavy (non-hydrogen) atoms. The summed E-state index contributed by atoms with van der Waals surface area (Å²) < 4.78 is 56.9. The Morgan fingerprint density at radius 1 is 0.492 bits per heavy atom. The molecule has 0 aromatic heterocycles. The van der Waals surface area contributed by atoms with Crippen molar-refractivity contribution in [1.29, 1.82) is 0 Å². The maximum Gasteiger partial charge on any atom is 0.225 e. The normalized spacial score (nSPS) is 26.6. The van der Waals surface area contributed by atoms with Crippen LogP contribution in [0, 0.1) is 5.41 Å². The van der Waals surface area contributed by atoms with Crippen molar-refractivity contribution in [1.82, 2.24) is 5.32 Å². The molecule has 1 amide bonds. The van der Waals surface area contributed by atoms with Gasteiger partial charge in [-0.3, -0.25) is 4.79 Å². The summed E-state index contributed by atoms with van der Waals surface area (Å²) in [6.07, 6.45) is 2.84. The van der Waals surface area contributed by atoms with Crippen molar-refractivity contribution in [2.75, 3.05) is 19.8 Å². The molecule has 0 aliphatic carbocycles. The monoisotopic (exact) mass is 934 g/mol. The number of rotatable bonds is 21. The zero-order chi connectivity index (χ0) is 47.4. The van der Waals surface area contributed by atoms with Crippen LogP contribution >= 0.6 is 0 Å². The van der Waals surface area contributed by atoms with Gasteiger partial charge in [0.25, 0.3) is 0 Å². The lowest BCUT2D eigenvalue weighted by Gasteiger charge is -2.44. The number of hydrogen-bond acceptors (Lipinski definition) is 9. The van der Waals surface area contributed by atoms with Gasteiger partial charge in [0.05, 0.1) is 6.61 Å². The van der Waals surface area contributed by atoms with Crippen LogP contribution in [0.5, 0.6) is 0 Å². The van der Waals surface area contributed by atoms with E-state index in [1.54, 1.807) is 0 Å². The Morgan fingerprint density at radius 2 is 0.836 bits per heavy atom. The lowest BCUT2D eigenvalue weighted by molar-refractivity contribution is -0.202. The van der Waals surface area contributed by atoms with Gasteiger partial charge in [0.15, 0.2) is 45.8 Å². The minimum atomic E-state index is -2.40. The lowest BCUT2D eigenvalue weighted by Crippen LogP contribution is -2.56. The first-order valence-electron chi connectivity index (χ1n) is 23.8. The third kappa shape index (κ3) is 15.8. The quantitative estimate of drug-likeness (QED) is 0.0890. The summed E-state index contributed by atoms with van der Waals surface area (Å²) in [6, 6.07) is 0. The molecule has 0 radical (unpaired) electrons. The second-order valence-electron chi connectivity index (χ2n) is 25.4. The Kier molecular flexibility index (Phi) is 20.0. The van der Waals surface area contributed by atoms with Crippen LogP contribution in [-0.2, 0) is 41.4 Å².